The van der Waals surface area contributed by atoms with Crippen LogP contribution in [0.4, 0.5) is 15.9 Å². The second-order valence-corrected chi connectivity index (χ2v) is 6.68. The average Bonchev–Trinajstić information content (AvgIpc) is 3.04. The fourth-order valence-electron chi connectivity index (χ4n) is 3.33. The summed E-state index contributed by atoms with van der Waals surface area (Å²) in [5.41, 5.74) is 2.56. The van der Waals surface area contributed by atoms with Gasteiger partial charge >= 0.3 is 0 Å². The molecule has 0 saturated carbocycles. The Morgan fingerprint density at radius 1 is 1.19 bits per heavy atom. The quantitative estimate of drug-likeness (QED) is 0.762. The molecule has 1 fully saturated rings. The Balaban J connectivity index is 1.34. The zero-order chi connectivity index (χ0) is 18.8. The van der Waals surface area contributed by atoms with Gasteiger partial charge in [-0.3, -0.25) is 9.69 Å². The van der Waals surface area contributed by atoms with Gasteiger partial charge < -0.3 is 10.2 Å². The van der Waals surface area contributed by atoms with Gasteiger partial charge in [0.05, 0.1) is 12.2 Å². The van der Waals surface area contributed by atoms with Crippen molar-refractivity contribution in [3.05, 3.63) is 54.2 Å². The maximum Gasteiger partial charge on any atom is 0.238 e. The van der Waals surface area contributed by atoms with Crippen LogP contribution in [-0.2, 0) is 4.79 Å². The van der Waals surface area contributed by atoms with Gasteiger partial charge in [0.25, 0.3) is 0 Å². The lowest BCUT2D eigenvalue weighted by atomic mass is 10.2. The van der Waals surface area contributed by atoms with E-state index in [1.54, 1.807) is 18.3 Å². The van der Waals surface area contributed by atoms with Crippen LogP contribution in [0.1, 0.15) is 5.69 Å². The van der Waals surface area contributed by atoms with Crippen molar-refractivity contribution in [2.75, 3.05) is 42.9 Å². The molecule has 2 aromatic heterocycles. The van der Waals surface area contributed by atoms with E-state index in [4.69, 9.17) is 0 Å². The molecule has 0 bridgehead atoms. The highest BCUT2D eigenvalue weighted by molar-refractivity contribution is 5.92. The minimum absolute atomic E-state index is 0.0956. The molecule has 0 aliphatic carbocycles. The van der Waals surface area contributed by atoms with Crippen LogP contribution >= 0.6 is 0 Å². The van der Waals surface area contributed by atoms with Crippen LogP contribution in [0.3, 0.4) is 0 Å². The van der Waals surface area contributed by atoms with Crippen molar-refractivity contribution in [1.29, 1.82) is 0 Å². The maximum atomic E-state index is 12.9. The number of aromatic nitrogens is 3. The number of rotatable bonds is 4. The molecule has 27 heavy (non-hydrogen) atoms. The summed E-state index contributed by atoms with van der Waals surface area (Å²) in [5, 5.41) is 7.23. The second-order valence-electron chi connectivity index (χ2n) is 6.68. The van der Waals surface area contributed by atoms with Gasteiger partial charge in [0.1, 0.15) is 11.3 Å². The monoisotopic (exact) mass is 368 g/mol. The van der Waals surface area contributed by atoms with Gasteiger partial charge in [-0.05, 0) is 37.3 Å². The Morgan fingerprint density at radius 2 is 1.93 bits per heavy atom. The summed E-state index contributed by atoms with van der Waals surface area (Å²) in [6.45, 7) is 5.41. The number of fused-ring (bicyclic) bond motifs is 1. The minimum atomic E-state index is -0.318. The van der Waals surface area contributed by atoms with E-state index >= 15 is 0 Å². The number of carbonyl (C=O) groups is 1. The van der Waals surface area contributed by atoms with E-state index in [0.29, 0.717) is 12.2 Å². The van der Waals surface area contributed by atoms with Crippen molar-refractivity contribution in [3.8, 4) is 0 Å². The molecule has 0 unspecified atom stereocenters. The van der Waals surface area contributed by atoms with Crippen LogP contribution in [0, 0.1) is 12.7 Å². The molecule has 3 heterocycles. The summed E-state index contributed by atoms with van der Waals surface area (Å²) in [7, 11) is 0. The van der Waals surface area contributed by atoms with Gasteiger partial charge in [-0.2, -0.15) is 5.10 Å². The highest BCUT2D eigenvalue weighted by Crippen LogP contribution is 2.20. The first kappa shape index (κ1) is 17.4. The van der Waals surface area contributed by atoms with Gasteiger partial charge in [0.15, 0.2) is 5.82 Å². The number of nitrogens with one attached hydrogen (secondary N) is 1. The lowest BCUT2D eigenvalue weighted by molar-refractivity contribution is -0.117. The number of benzene rings is 1. The number of nitrogens with zero attached hydrogens (tertiary/aromatic N) is 5. The first-order chi connectivity index (χ1) is 13.1. The van der Waals surface area contributed by atoms with Gasteiger partial charge in [-0.25, -0.2) is 13.9 Å². The molecule has 0 radical (unpaired) electrons. The number of piperazine rings is 1. The van der Waals surface area contributed by atoms with Crippen molar-refractivity contribution in [2.24, 2.45) is 0 Å². The third-order valence-corrected chi connectivity index (χ3v) is 4.66. The van der Waals surface area contributed by atoms with E-state index in [-0.39, 0.29) is 11.7 Å². The van der Waals surface area contributed by atoms with E-state index in [0.717, 1.165) is 43.2 Å². The predicted octanol–water partition coefficient (Wildman–Crippen LogP) is 1.94. The third kappa shape index (κ3) is 3.90. The van der Waals surface area contributed by atoms with E-state index in [2.05, 4.69) is 25.2 Å². The molecule has 1 aliphatic heterocycles. The Hall–Kier alpha value is -3.00. The molecule has 1 saturated heterocycles. The SMILES string of the molecule is Cc1cc2c(N3CCN(CC(=O)Nc4ccc(F)cc4)CC3)nccn2n1. The Morgan fingerprint density at radius 3 is 2.67 bits per heavy atom. The zero-order valence-corrected chi connectivity index (χ0v) is 15.1. The van der Waals surface area contributed by atoms with Crippen LogP contribution in [0.25, 0.3) is 5.52 Å². The lowest BCUT2D eigenvalue weighted by Gasteiger charge is -2.35. The highest BCUT2D eigenvalue weighted by atomic mass is 19.1. The lowest BCUT2D eigenvalue weighted by Crippen LogP contribution is -2.49. The second kappa shape index (κ2) is 7.32. The van der Waals surface area contributed by atoms with Crippen molar-refractivity contribution in [1.82, 2.24) is 19.5 Å². The van der Waals surface area contributed by atoms with Crippen molar-refractivity contribution in [3.63, 3.8) is 0 Å². The minimum Gasteiger partial charge on any atom is -0.352 e. The molecule has 4 rings (SSSR count). The number of hydrogen-bond acceptors (Lipinski definition) is 5. The number of aryl methyl sites for hydroxylation is 1. The summed E-state index contributed by atoms with van der Waals surface area (Å²) in [6, 6.07) is 7.82. The van der Waals surface area contributed by atoms with Crippen LogP contribution in [0.5, 0.6) is 0 Å². The Kier molecular flexibility index (Phi) is 4.72. The normalized spacial score (nSPS) is 15.3. The highest BCUT2D eigenvalue weighted by Gasteiger charge is 2.21. The standard InChI is InChI=1S/C19H21FN6O/c1-14-12-17-19(21-6-7-26(17)23-14)25-10-8-24(9-11-25)13-18(27)22-16-4-2-15(20)3-5-16/h2-7,12H,8-11,13H2,1H3,(H,22,27). The summed E-state index contributed by atoms with van der Waals surface area (Å²) in [5.74, 6) is 0.511. The molecule has 0 atom stereocenters. The molecule has 140 valence electrons. The van der Waals surface area contributed by atoms with Crippen LogP contribution in [0.15, 0.2) is 42.7 Å². The topological polar surface area (TPSA) is 65.8 Å². The van der Waals surface area contributed by atoms with Crippen molar-refractivity contribution in [2.45, 2.75) is 6.92 Å². The molecule has 0 spiro atoms. The first-order valence-corrected chi connectivity index (χ1v) is 8.92. The predicted molar refractivity (Wildman–Crippen MR) is 101 cm³/mol. The fourth-order valence-corrected chi connectivity index (χ4v) is 3.33. The van der Waals surface area contributed by atoms with E-state index in [1.807, 2.05) is 23.7 Å². The number of hydrogen-bond donors (Lipinski definition) is 1. The molecule has 1 aliphatic rings. The van der Waals surface area contributed by atoms with Crippen molar-refractivity contribution >= 4 is 22.9 Å². The molecular formula is C19H21FN6O. The number of anilines is 2. The molecule has 7 nitrogen and oxygen atoms in total. The van der Waals surface area contributed by atoms with Gasteiger partial charge in [-0.1, -0.05) is 0 Å². The molecule has 1 N–H and O–H groups in total. The molecule has 3 aromatic rings. The van der Waals surface area contributed by atoms with Crippen LogP contribution in [-0.4, -0.2) is 58.1 Å². The van der Waals surface area contributed by atoms with E-state index < -0.39 is 0 Å². The summed E-state index contributed by atoms with van der Waals surface area (Å²) < 4.78 is 14.8. The van der Waals surface area contributed by atoms with Crippen molar-refractivity contribution < 1.29 is 9.18 Å². The van der Waals surface area contributed by atoms with Crippen LogP contribution in [0.2, 0.25) is 0 Å². The molecule has 1 amide bonds. The molecular weight excluding hydrogens is 347 g/mol. The summed E-state index contributed by atoms with van der Waals surface area (Å²) in [4.78, 5) is 21.1. The first-order valence-electron chi connectivity index (χ1n) is 8.92. The number of amides is 1. The molecule has 8 heteroatoms. The van der Waals surface area contributed by atoms with Gasteiger partial charge in [0, 0.05) is 44.3 Å². The summed E-state index contributed by atoms with van der Waals surface area (Å²) in [6.07, 6.45) is 3.61. The fraction of sp³-hybridized carbons (Fsp3) is 0.316. The van der Waals surface area contributed by atoms with Crippen LogP contribution < -0.4 is 10.2 Å². The smallest absolute Gasteiger partial charge is 0.238 e. The Bertz CT molecular complexity index is 946. The van der Waals surface area contributed by atoms with Gasteiger partial charge in [-0.15, -0.1) is 0 Å². The van der Waals surface area contributed by atoms with Gasteiger partial charge in [0.2, 0.25) is 5.91 Å². The maximum absolute atomic E-state index is 12.9. The van der Waals surface area contributed by atoms with E-state index in [9.17, 15) is 9.18 Å². The average molecular weight is 368 g/mol. The largest absolute Gasteiger partial charge is 0.352 e. The number of halogens is 1. The Labute approximate surface area is 156 Å². The van der Waals surface area contributed by atoms with E-state index in [1.165, 1.54) is 12.1 Å². The third-order valence-electron chi connectivity index (χ3n) is 4.66. The molecule has 1 aromatic carbocycles. The number of carbonyl (C=O) groups excluding carboxylic acids is 1. The zero-order valence-electron chi connectivity index (χ0n) is 15.1. The summed E-state index contributed by atoms with van der Waals surface area (Å²) >= 11 is 0.